The molecule has 1 aliphatic rings. The Morgan fingerprint density at radius 1 is 1.18 bits per heavy atom. The fourth-order valence-corrected chi connectivity index (χ4v) is 5.84. The van der Waals surface area contributed by atoms with Crippen LogP contribution in [0, 0.1) is 6.92 Å². The van der Waals surface area contributed by atoms with E-state index in [9.17, 15) is 13.2 Å². The normalized spacial score (nSPS) is 17.4. The summed E-state index contributed by atoms with van der Waals surface area (Å²) < 4.78 is 34.6. The number of hydrogen-bond acceptors (Lipinski definition) is 5. The number of carbonyl (C=O) groups excluding carboxylic acids is 1. The second kappa shape index (κ2) is 10.9. The van der Waals surface area contributed by atoms with Crippen molar-refractivity contribution in [2.75, 3.05) is 18.0 Å². The van der Waals surface area contributed by atoms with E-state index in [1.165, 1.54) is 0 Å². The minimum atomic E-state index is -3.71. The number of aryl methyl sites for hydroxylation is 1. The molecule has 0 spiro atoms. The third-order valence-electron chi connectivity index (χ3n) is 5.86. The molecule has 1 atom stereocenters. The molecule has 34 heavy (non-hydrogen) atoms. The molecule has 1 aliphatic heterocycles. The topological polar surface area (TPSA) is 79.8 Å². The summed E-state index contributed by atoms with van der Waals surface area (Å²) in [6.07, 6.45) is 5.22. The van der Waals surface area contributed by atoms with Crippen molar-refractivity contribution in [1.82, 2.24) is 9.29 Å². The summed E-state index contributed by atoms with van der Waals surface area (Å²) in [5, 5.41) is 0. The Hall–Kier alpha value is -2.45. The second-order valence-corrected chi connectivity index (χ2v) is 11.7. The number of carbonyl (C=O) groups is 1. The molecule has 3 rings (SSSR count). The minimum absolute atomic E-state index is 0.283. The first-order valence-corrected chi connectivity index (χ1v) is 13.5. The number of benzene rings is 1. The van der Waals surface area contributed by atoms with Crippen LogP contribution in [0.5, 0.6) is 0 Å². The Bertz CT molecular complexity index is 1080. The van der Waals surface area contributed by atoms with Crippen molar-refractivity contribution in [2.24, 2.45) is 0 Å². The van der Waals surface area contributed by atoms with Crippen LogP contribution in [0.1, 0.15) is 77.0 Å². The largest absolute Gasteiger partial charge is 0.443 e. The number of pyridine rings is 1. The molecule has 0 bridgehead atoms. The second-order valence-electron chi connectivity index (χ2n) is 9.84. The minimum Gasteiger partial charge on any atom is -0.443 e. The zero-order valence-electron chi connectivity index (χ0n) is 21.0. The van der Waals surface area contributed by atoms with E-state index in [1.54, 1.807) is 33.6 Å². The highest BCUT2D eigenvalue weighted by molar-refractivity contribution is 7.89. The third-order valence-corrected chi connectivity index (χ3v) is 7.78. The SMILES string of the molecule is CCCCN(C(=O)OC(C)(C)C)c1ncccc1[C@@H]1CCCCN1S(=O)(=O)c1ccc(C)cc1. The quantitative estimate of drug-likeness (QED) is 0.490. The van der Waals surface area contributed by atoms with Crippen LogP contribution in [0.3, 0.4) is 0 Å². The van der Waals surface area contributed by atoms with Gasteiger partial charge in [0.25, 0.3) is 0 Å². The van der Waals surface area contributed by atoms with E-state index >= 15 is 0 Å². The van der Waals surface area contributed by atoms with Crippen molar-refractivity contribution in [1.29, 1.82) is 0 Å². The Balaban J connectivity index is 2.04. The summed E-state index contributed by atoms with van der Waals surface area (Å²) in [5.41, 5.74) is 1.09. The van der Waals surface area contributed by atoms with Crippen LogP contribution >= 0.6 is 0 Å². The molecule has 1 aromatic heterocycles. The van der Waals surface area contributed by atoms with Gasteiger partial charge in [0.1, 0.15) is 11.4 Å². The van der Waals surface area contributed by atoms with Gasteiger partial charge >= 0.3 is 6.09 Å². The molecule has 0 N–H and O–H groups in total. The molecule has 7 nitrogen and oxygen atoms in total. The molecular formula is C26H37N3O4S. The van der Waals surface area contributed by atoms with Gasteiger partial charge in [0.2, 0.25) is 10.0 Å². The number of piperidine rings is 1. The van der Waals surface area contributed by atoms with E-state index in [0.29, 0.717) is 25.3 Å². The molecule has 0 saturated carbocycles. The maximum Gasteiger partial charge on any atom is 0.416 e. The maximum atomic E-state index is 13.7. The molecule has 0 radical (unpaired) electrons. The van der Waals surface area contributed by atoms with Crippen molar-refractivity contribution in [3.05, 3.63) is 53.7 Å². The Morgan fingerprint density at radius 2 is 1.88 bits per heavy atom. The summed E-state index contributed by atoms with van der Waals surface area (Å²) in [4.78, 5) is 19.6. The van der Waals surface area contributed by atoms with E-state index in [2.05, 4.69) is 11.9 Å². The lowest BCUT2D eigenvalue weighted by Crippen LogP contribution is -2.41. The van der Waals surface area contributed by atoms with Crippen molar-refractivity contribution in [3.8, 4) is 0 Å². The van der Waals surface area contributed by atoms with Gasteiger partial charge in [0.05, 0.1) is 10.9 Å². The average molecular weight is 488 g/mol. The van der Waals surface area contributed by atoms with Gasteiger partial charge in [-0.1, -0.05) is 43.5 Å². The van der Waals surface area contributed by atoms with E-state index in [0.717, 1.165) is 36.8 Å². The maximum absolute atomic E-state index is 13.7. The number of anilines is 1. The van der Waals surface area contributed by atoms with Crippen molar-refractivity contribution in [3.63, 3.8) is 0 Å². The van der Waals surface area contributed by atoms with Crippen LogP contribution in [-0.4, -0.2) is 42.5 Å². The number of aromatic nitrogens is 1. The fraction of sp³-hybridized carbons (Fsp3) is 0.538. The monoisotopic (exact) mass is 487 g/mol. The number of amides is 1. The van der Waals surface area contributed by atoms with Crippen LogP contribution in [0.2, 0.25) is 0 Å². The lowest BCUT2D eigenvalue weighted by Gasteiger charge is -2.37. The number of hydrogen-bond donors (Lipinski definition) is 0. The van der Waals surface area contributed by atoms with Gasteiger partial charge in [0, 0.05) is 24.8 Å². The van der Waals surface area contributed by atoms with Gasteiger partial charge in [-0.2, -0.15) is 4.31 Å². The van der Waals surface area contributed by atoms with E-state index in [-0.39, 0.29) is 4.90 Å². The molecule has 186 valence electrons. The third kappa shape index (κ3) is 6.16. The van der Waals surface area contributed by atoms with Gasteiger partial charge in [0.15, 0.2) is 0 Å². The van der Waals surface area contributed by atoms with Crippen LogP contribution in [-0.2, 0) is 14.8 Å². The highest BCUT2D eigenvalue weighted by Gasteiger charge is 2.37. The van der Waals surface area contributed by atoms with Gasteiger partial charge in [-0.15, -0.1) is 0 Å². The molecule has 8 heteroatoms. The van der Waals surface area contributed by atoms with E-state index < -0.39 is 27.8 Å². The Labute approximate surface area is 204 Å². The van der Waals surface area contributed by atoms with E-state index in [1.807, 2.05) is 45.9 Å². The summed E-state index contributed by atoms with van der Waals surface area (Å²) in [7, 11) is -3.71. The van der Waals surface area contributed by atoms with Gasteiger partial charge in [-0.25, -0.2) is 18.2 Å². The zero-order valence-corrected chi connectivity index (χ0v) is 21.8. The summed E-state index contributed by atoms with van der Waals surface area (Å²) in [6.45, 7) is 10.4. The number of unbranched alkanes of at least 4 members (excludes halogenated alkanes) is 1. The van der Waals surface area contributed by atoms with Crippen LogP contribution in [0.15, 0.2) is 47.5 Å². The molecule has 1 fully saturated rings. The zero-order chi connectivity index (χ0) is 24.9. The molecule has 1 saturated heterocycles. The summed E-state index contributed by atoms with van der Waals surface area (Å²) >= 11 is 0. The molecule has 0 aliphatic carbocycles. The Morgan fingerprint density at radius 3 is 2.53 bits per heavy atom. The van der Waals surface area contributed by atoms with Gasteiger partial charge in [-0.05, 0) is 65.2 Å². The van der Waals surface area contributed by atoms with Crippen LogP contribution in [0.25, 0.3) is 0 Å². The Kier molecular flexibility index (Phi) is 8.36. The summed E-state index contributed by atoms with van der Waals surface area (Å²) in [6, 6.07) is 10.2. The average Bonchev–Trinajstić information content (AvgIpc) is 2.79. The molecular weight excluding hydrogens is 450 g/mol. The number of ether oxygens (including phenoxy) is 1. The lowest BCUT2D eigenvalue weighted by atomic mass is 9.97. The number of sulfonamides is 1. The molecule has 1 amide bonds. The molecule has 1 aromatic carbocycles. The first-order chi connectivity index (χ1) is 16.0. The van der Waals surface area contributed by atoms with Crippen molar-refractivity contribution in [2.45, 2.75) is 83.3 Å². The van der Waals surface area contributed by atoms with Crippen molar-refractivity contribution < 1.29 is 17.9 Å². The predicted molar refractivity (Wildman–Crippen MR) is 134 cm³/mol. The highest BCUT2D eigenvalue weighted by Crippen LogP contribution is 2.39. The lowest BCUT2D eigenvalue weighted by molar-refractivity contribution is 0.0578. The van der Waals surface area contributed by atoms with Gasteiger partial charge < -0.3 is 4.74 Å². The smallest absolute Gasteiger partial charge is 0.416 e. The first kappa shape index (κ1) is 26.2. The van der Waals surface area contributed by atoms with Crippen LogP contribution < -0.4 is 4.90 Å². The highest BCUT2D eigenvalue weighted by atomic mass is 32.2. The fourth-order valence-electron chi connectivity index (χ4n) is 4.16. The number of nitrogens with zero attached hydrogens (tertiary/aromatic N) is 3. The van der Waals surface area contributed by atoms with Crippen molar-refractivity contribution >= 4 is 21.9 Å². The number of rotatable bonds is 7. The molecule has 0 unspecified atom stereocenters. The van der Waals surface area contributed by atoms with E-state index in [4.69, 9.17) is 4.74 Å². The predicted octanol–water partition coefficient (Wildman–Crippen LogP) is 5.85. The van der Waals surface area contributed by atoms with Crippen LogP contribution in [0.4, 0.5) is 10.6 Å². The van der Waals surface area contributed by atoms with Gasteiger partial charge in [-0.3, -0.25) is 4.90 Å². The first-order valence-electron chi connectivity index (χ1n) is 12.1. The molecule has 2 aromatic rings. The summed E-state index contributed by atoms with van der Waals surface area (Å²) in [5.74, 6) is 0.473. The standard InChI is InChI=1S/C26H37N3O4S/c1-6-7-18-28(25(30)33-26(3,4)5)24-22(11-10-17-27-24)23-12-8-9-19-29(23)34(31,32)21-15-13-20(2)14-16-21/h10-11,13-17,23H,6-9,12,18-19H2,1-5H3/t23-/m0/s1. The molecule has 2 heterocycles.